The molecule has 0 atom stereocenters. The number of nitrogens with one attached hydrogen (secondary N) is 1. The molecule has 7 heteroatoms. The first-order valence-electron chi connectivity index (χ1n) is 4.19. The van der Waals surface area contributed by atoms with Crippen molar-refractivity contribution in [3.05, 3.63) is 27.7 Å². The van der Waals surface area contributed by atoms with E-state index in [1.807, 2.05) is 0 Å². The van der Waals surface area contributed by atoms with Crippen molar-refractivity contribution in [3.63, 3.8) is 0 Å². The number of ether oxygens (including phenoxy) is 1. The van der Waals surface area contributed by atoms with Gasteiger partial charge in [0.1, 0.15) is 5.75 Å². The largest absolute Gasteiger partial charge is 0.573 e. The van der Waals surface area contributed by atoms with E-state index in [4.69, 9.17) is 5.26 Å². The van der Waals surface area contributed by atoms with Gasteiger partial charge >= 0.3 is 6.36 Å². The fourth-order valence-electron chi connectivity index (χ4n) is 1.16. The van der Waals surface area contributed by atoms with E-state index in [9.17, 15) is 18.0 Å². The third-order valence-corrected chi connectivity index (χ3v) is 1.91. The molecule has 0 amide bonds. The quantitative estimate of drug-likeness (QED) is 0.842. The molecule has 0 saturated carbocycles. The van der Waals surface area contributed by atoms with Crippen LogP contribution in [-0.2, 0) is 6.42 Å². The van der Waals surface area contributed by atoms with Crippen LogP contribution in [0.15, 0.2) is 11.0 Å². The van der Waals surface area contributed by atoms with E-state index in [0.717, 1.165) is 6.20 Å². The Hall–Kier alpha value is -1.97. The van der Waals surface area contributed by atoms with Gasteiger partial charge in [-0.1, -0.05) is 0 Å². The maximum atomic E-state index is 12.0. The van der Waals surface area contributed by atoms with Crippen LogP contribution in [-0.4, -0.2) is 11.3 Å². The monoisotopic (exact) mass is 232 g/mol. The lowest BCUT2D eigenvalue weighted by molar-refractivity contribution is -0.275. The number of aromatic amines is 1. The topological polar surface area (TPSA) is 65.9 Å². The Labute approximate surface area is 88.3 Å². The van der Waals surface area contributed by atoms with Crippen molar-refractivity contribution in [2.24, 2.45) is 0 Å². The van der Waals surface area contributed by atoms with E-state index in [1.54, 1.807) is 6.07 Å². The van der Waals surface area contributed by atoms with Gasteiger partial charge in [0.25, 0.3) is 5.56 Å². The average Bonchev–Trinajstić information content (AvgIpc) is 2.15. The molecule has 0 aromatic carbocycles. The minimum atomic E-state index is -4.85. The normalized spacial score (nSPS) is 10.9. The molecule has 0 saturated heterocycles. The molecular weight excluding hydrogens is 225 g/mol. The number of hydrogen-bond acceptors (Lipinski definition) is 3. The fraction of sp³-hybridized carbons (Fsp3) is 0.333. The highest BCUT2D eigenvalue weighted by molar-refractivity contribution is 5.38. The summed E-state index contributed by atoms with van der Waals surface area (Å²) in [6, 6.07) is 1.68. The number of nitrogens with zero attached hydrogens (tertiary/aromatic N) is 1. The molecule has 1 N–H and O–H groups in total. The molecule has 0 unspecified atom stereocenters. The molecule has 0 spiro atoms. The molecule has 0 bridgehead atoms. The van der Waals surface area contributed by atoms with Crippen molar-refractivity contribution in [2.75, 3.05) is 0 Å². The predicted octanol–water partition coefficient (Wildman–Crippen LogP) is 1.65. The summed E-state index contributed by atoms with van der Waals surface area (Å²) in [5.41, 5.74) is -0.549. The van der Waals surface area contributed by atoms with Crippen molar-refractivity contribution in [1.82, 2.24) is 4.98 Å². The average molecular weight is 232 g/mol. The fourth-order valence-corrected chi connectivity index (χ4v) is 1.16. The van der Waals surface area contributed by atoms with Crippen molar-refractivity contribution in [3.8, 4) is 11.8 Å². The molecule has 16 heavy (non-hydrogen) atoms. The summed E-state index contributed by atoms with van der Waals surface area (Å²) in [5, 5.41) is 8.46. The summed E-state index contributed by atoms with van der Waals surface area (Å²) in [6.07, 6.45) is -4.37. The second-order valence-electron chi connectivity index (χ2n) is 2.97. The number of aromatic nitrogens is 1. The van der Waals surface area contributed by atoms with Gasteiger partial charge in [-0.2, -0.15) is 5.26 Å². The molecule has 4 nitrogen and oxygen atoms in total. The predicted molar refractivity (Wildman–Crippen MR) is 47.8 cm³/mol. The first-order chi connectivity index (χ1) is 7.35. The highest BCUT2D eigenvalue weighted by Crippen LogP contribution is 2.26. The van der Waals surface area contributed by atoms with Crippen molar-refractivity contribution in [2.45, 2.75) is 19.7 Å². The van der Waals surface area contributed by atoms with Crippen LogP contribution in [0.25, 0.3) is 0 Å². The van der Waals surface area contributed by atoms with Crippen LogP contribution >= 0.6 is 0 Å². The van der Waals surface area contributed by atoms with Crippen LogP contribution in [0.2, 0.25) is 0 Å². The maximum Gasteiger partial charge on any atom is 0.573 e. The lowest BCUT2D eigenvalue weighted by Crippen LogP contribution is -2.21. The van der Waals surface area contributed by atoms with Gasteiger partial charge in [-0.15, -0.1) is 13.2 Å². The summed E-state index contributed by atoms with van der Waals surface area (Å²) < 4.78 is 39.7. The first kappa shape index (κ1) is 12.1. The van der Waals surface area contributed by atoms with E-state index in [-0.39, 0.29) is 17.5 Å². The summed E-state index contributed by atoms with van der Waals surface area (Å²) in [6.45, 7) is 1.33. The molecule has 1 aromatic rings. The van der Waals surface area contributed by atoms with E-state index >= 15 is 0 Å². The number of nitriles is 1. The van der Waals surface area contributed by atoms with Gasteiger partial charge in [0.15, 0.2) is 0 Å². The zero-order chi connectivity index (χ0) is 12.3. The zero-order valence-electron chi connectivity index (χ0n) is 8.18. The van der Waals surface area contributed by atoms with Gasteiger partial charge in [0.2, 0.25) is 0 Å². The van der Waals surface area contributed by atoms with Gasteiger partial charge in [0, 0.05) is 17.3 Å². The number of pyridine rings is 1. The van der Waals surface area contributed by atoms with E-state index in [1.165, 1.54) is 6.92 Å². The molecule has 1 heterocycles. The van der Waals surface area contributed by atoms with Crippen LogP contribution in [0.3, 0.4) is 0 Å². The summed E-state index contributed by atoms with van der Waals surface area (Å²) in [4.78, 5) is 13.2. The van der Waals surface area contributed by atoms with E-state index in [0.29, 0.717) is 0 Å². The van der Waals surface area contributed by atoms with E-state index < -0.39 is 17.7 Å². The van der Waals surface area contributed by atoms with Gasteiger partial charge in [-0.05, 0) is 6.92 Å². The number of H-pyrrole nitrogens is 1. The smallest absolute Gasteiger partial charge is 0.404 e. The molecule has 0 aliphatic heterocycles. The Morgan fingerprint density at radius 2 is 2.19 bits per heavy atom. The standard InChI is InChI=1S/C9H7F3N2O2/c1-5-6(2-3-13)7(4-14-8(5)15)16-9(10,11)12/h4H,2H2,1H3,(H,14,15). The van der Waals surface area contributed by atoms with Crippen LogP contribution < -0.4 is 10.3 Å². The minimum absolute atomic E-state index is 0.0447. The van der Waals surface area contributed by atoms with Crippen LogP contribution in [0.5, 0.6) is 5.75 Å². The Kier molecular flexibility index (Phi) is 3.22. The van der Waals surface area contributed by atoms with Crippen LogP contribution in [0, 0.1) is 18.3 Å². The lowest BCUT2D eigenvalue weighted by atomic mass is 10.1. The summed E-state index contributed by atoms with van der Waals surface area (Å²) in [5.74, 6) is -0.550. The minimum Gasteiger partial charge on any atom is -0.404 e. The van der Waals surface area contributed by atoms with Gasteiger partial charge < -0.3 is 9.72 Å². The number of hydrogen-bond donors (Lipinski definition) is 1. The Morgan fingerprint density at radius 1 is 1.56 bits per heavy atom. The summed E-state index contributed by atoms with van der Waals surface area (Å²) in [7, 11) is 0. The molecule has 1 aromatic heterocycles. The third-order valence-electron chi connectivity index (χ3n) is 1.91. The molecule has 0 aliphatic carbocycles. The van der Waals surface area contributed by atoms with Crippen molar-refractivity contribution < 1.29 is 17.9 Å². The molecule has 0 radical (unpaired) electrons. The third kappa shape index (κ3) is 2.76. The Morgan fingerprint density at radius 3 is 2.69 bits per heavy atom. The summed E-state index contributed by atoms with van der Waals surface area (Å²) >= 11 is 0. The lowest BCUT2D eigenvalue weighted by Gasteiger charge is -2.12. The number of halogens is 3. The van der Waals surface area contributed by atoms with Gasteiger partial charge in [-0.25, -0.2) is 0 Å². The molecule has 0 aliphatic rings. The van der Waals surface area contributed by atoms with Crippen LogP contribution in [0.4, 0.5) is 13.2 Å². The molecule has 86 valence electrons. The molecule has 0 fully saturated rings. The number of rotatable bonds is 2. The van der Waals surface area contributed by atoms with Crippen LogP contribution in [0.1, 0.15) is 11.1 Å². The highest BCUT2D eigenvalue weighted by Gasteiger charge is 2.32. The zero-order valence-corrected chi connectivity index (χ0v) is 8.18. The molecule has 1 rings (SSSR count). The van der Waals surface area contributed by atoms with Crippen molar-refractivity contribution >= 4 is 0 Å². The Bertz CT molecular complexity index is 485. The van der Waals surface area contributed by atoms with Gasteiger partial charge in [-0.3, -0.25) is 4.79 Å². The van der Waals surface area contributed by atoms with E-state index in [2.05, 4.69) is 9.72 Å². The SMILES string of the molecule is Cc1c(CC#N)c(OC(F)(F)F)c[nH]c1=O. The van der Waals surface area contributed by atoms with Crippen molar-refractivity contribution in [1.29, 1.82) is 5.26 Å². The molecular formula is C9H7F3N2O2. The highest BCUT2D eigenvalue weighted by atomic mass is 19.4. The first-order valence-corrected chi connectivity index (χ1v) is 4.19. The second-order valence-corrected chi connectivity index (χ2v) is 2.97. The number of alkyl halides is 3. The van der Waals surface area contributed by atoms with Gasteiger partial charge in [0.05, 0.1) is 12.5 Å². The second kappa shape index (κ2) is 4.26. The maximum absolute atomic E-state index is 12.0. The Balaban J connectivity index is 3.24.